The van der Waals surface area contributed by atoms with Gasteiger partial charge in [-0.2, -0.15) is 0 Å². The summed E-state index contributed by atoms with van der Waals surface area (Å²) in [7, 11) is -0.601. The number of carbonyl (C=O) groups excluding carboxylic acids is 2. The SMILES string of the molecule is CCn1c(CCC(=O)NCC(=O)Nc2c(C)cc(C)cc2C)nc2cc(S(=O)(=O)N(C)C)ccc21. The van der Waals surface area contributed by atoms with Crippen LogP contribution < -0.4 is 10.6 Å². The lowest BCUT2D eigenvalue weighted by atomic mass is 10.1. The summed E-state index contributed by atoms with van der Waals surface area (Å²) in [5, 5.41) is 5.54. The topological polar surface area (TPSA) is 113 Å². The van der Waals surface area contributed by atoms with Gasteiger partial charge in [-0.1, -0.05) is 17.7 Å². The first-order valence-electron chi connectivity index (χ1n) is 11.5. The van der Waals surface area contributed by atoms with Crippen LogP contribution in [0.4, 0.5) is 5.69 Å². The van der Waals surface area contributed by atoms with Gasteiger partial charge in [0.2, 0.25) is 21.8 Å². The second-order valence-corrected chi connectivity index (χ2v) is 11.0. The fraction of sp³-hybridized carbons (Fsp3) is 0.400. The third kappa shape index (κ3) is 5.88. The van der Waals surface area contributed by atoms with Gasteiger partial charge in [0.25, 0.3) is 0 Å². The molecule has 1 heterocycles. The number of hydrogen-bond acceptors (Lipinski definition) is 5. The average Bonchev–Trinajstić information content (AvgIpc) is 3.15. The lowest BCUT2D eigenvalue weighted by Gasteiger charge is -2.13. The monoisotopic (exact) mass is 499 g/mol. The van der Waals surface area contributed by atoms with Crippen molar-refractivity contribution in [1.82, 2.24) is 19.2 Å². The molecule has 3 aromatic rings. The van der Waals surface area contributed by atoms with Gasteiger partial charge >= 0.3 is 0 Å². The Morgan fingerprint density at radius 3 is 2.29 bits per heavy atom. The van der Waals surface area contributed by atoms with Crippen molar-refractivity contribution in [1.29, 1.82) is 0 Å². The molecular weight excluding hydrogens is 466 g/mol. The van der Waals surface area contributed by atoms with Crippen LogP contribution in [-0.4, -0.2) is 54.7 Å². The second kappa shape index (κ2) is 10.6. The third-order valence-corrected chi connectivity index (χ3v) is 7.67. The average molecular weight is 500 g/mol. The molecule has 0 aliphatic carbocycles. The molecule has 0 atom stereocenters. The Balaban J connectivity index is 1.63. The van der Waals surface area contributed by atoms with Crippen LogP contribution in [0.3, 0.4) is 0 Å². The van der Waals surface area contributed by atoms with Crippen LogP contribution in [0.2, 0.25) is 0 Å². The molecule has 0 aliphatic rings. The molecule has 9 nitrogen and oxygen atoms in total. The van der Waals surface area contributed by atoms with Crippen molar-refractivity contribution in [2.24, 2.45) is 0 Å². The minimum Gasteiger partial charge on any atom is -0.347 e. The second-order valence-electron chi connectivity index (χ2n) is 8.81. The zero-order valence-corrected chi connectivity index (χ0v) is 21.9. The molecule has 0 aliphatic heterocycles. The molecule has 35 heavy (non-hydrogen) atoms. The molecular formula is C25H33N5O4S. The summed E-state index contributed by atoms with van der Waals surface area (Å²) < 4.78 is 28.0. The number of anilines is 1. The van der Waals surface area contributed by atoms with Crippen molar-refractivity contribution in [3.05, 3.63) is 52.8 Å². The number of rotatable bonds is 9. The molecule has 0 unspecified atom stereocenters. The maximum Gasteiger partial charge on any atom is 0.243 e. The van der Waals surface area contributed by atoms with E-state index >= 15 is 0 Å². The lowest BCUT2D eigenvalue weighted by molar-refractivity contribution is -0.124. The number of nitrogens with one attached hydrogen (secondary N) is 2. The highest BCUT2D eigenvalue weighted by atomic mass is 32.2. The van der Waals surface area contributed by atoms with Crippen molar-refractivity contribution in [2.45, 2.75) is 52.0 Å². The number of hydrogen-bond donors (Lipinski definition) is 2. The molecule has 10 heteroatoms. The smallest absolute Gasteiger partial charge is 0.243 e. The van der Waals surface area contributed by atoms with E-state index in [2.05, 4.69) is 15.6 Å². The number of amides is 2. The van der Waals surface area contributed by atoms with E-state index in [1.54, 1.807) is 18.2 Å². The predicted molar refractivity (Wildman–Crippen MR) is 137 cm³/mol. The largest absolute Gasteiger partial charge is 0.347 e. The molecule has 3 rings (SSSR count). The Hall–Kier alpha value is -3.24. The van der Waals surface area contributed by atoms with Crippen LogP contribution in [-0.2, 0) is 32.6 Å². The maximum absolute atomic E-state index is 12.5. The Kier molecular flexibility index (Phi) is 7.97. The first-order valence-corrected chi connectivity index (χ1v) is 12.9. The molecule has 0 radical (unpaired) electrons. The van der Waals surface area contributed by atoms with Crippen molar-refractivity contribution >= 4 is 38.6 Å². The van der Waals surface area contributed by atoms with Crippen LogP contribution >= 0.6 is 0 Å². The van der Waals surface area contributed by atoms with Gasteiger partial charge in [-0.05, 0) is 57.0 Å². The highest BCUT2D eigenvalue weighted by molar-refractivity contribution is 7.89. The molecule has 0 saturated carbocycles. The zero-order valence-electron chi connectivity index (χ0n) is 21.1. The summed E-state index contributed by atoms with van der Waals surface area (Å²) >= 11 is 0. The Morgan fingerprint density at radius 2 is 1.69 bits per heavy atom. The first kappa shape index (κ1) is 26.4. The van der Waals surface area contributed by atoms with Crippen LogP contribution in [0, 0.1) is 20.8 Å². The molecule has 1 aromatic heterocycles. The number of nitrogens with zero attached hydrogens (tertiary/aromatic N) is 3. The standard InChI is InChI=1S/C25H33N5O4S/c1-7-30-21-9-8-19(35(33,34)29(5)6)14-20(21)27-22(30)10-11-23(31)26-15-24(32)28-25-17(3)12-16(2)13-18(25)4/h8-9,12-14H,7,10-11,15H2,1-6H3,(H,26,31)(H,28,32). The fourth-order valence-corrected chi connectivity index (χ4v) is 5.05. The van der Waals surface area contributed by atoms with Crippen molar-refractivity contribution in [3.8, 4) is 0 Å². The van der Waals surface area contributed by atoms with E-state index in [9.17, 15) is 18.0 Å². The highest BCUT2D eigenvalue weighted by Crippen LogP contribution is 2.23. The minimum absolute atomic E-state index is 0.123. The van der Waals surface area contributed by atoms with Gasteiger partial charge in [0.1, 0.15) is 5.82 Å². The number of imidazole rings is 1. The quantitative estimate of drug-likeness (QED) is 0.470. The fourth-order valence-electron chi connectivity index (χ4n) is 4.13. The maximum atomic E-state index is 12.5. The first-order chi connectivity index (χ1) is 16.4. The van der Waals surface area contributed by atoms with E-state index in [1.165, 1.54) is 14.1 Å². The molecule has 0 spiro atoms. The van der Waals surface area contributed by atoms with Gasteiger partial charge in [-0.3, -0.25) is 9.59 Å². The summed E-state index contributed by atoms with van der Waals surface area (Å²) in [6, 6.07) is 8.86. The minimum atomic E-state index is -3.57. The summed E-state index contributed by atoms with van der Waals surface area (Å²) in [4.78, 5) is 29.5. The zero-order chi connectivity index (χ0) is 25.9. The molecule has 0 bridgehead atoms. The van der Waals surface area contributed by atoms with Crippen molar-refractivity contribution in [2.75, 3.05) is 26.0 Å². The van der Waals surface area contributed by atoms with E-state index in [4.69, 9.17) is 0 Å². The number of benzene rings is 2. The Bertz CT molecular complexity index is 1350. The number of fused-ring (bicyclic) bond motifs is 1. The summed E-state index contributed by atoms with van der Waals surface area (Å²) in [6.45, 7) is 8.35. The third-order valence-electron chi connectivity index (χ3n) is 5.86. The normalized spacial score (nSPS) is 11.7. The van der Waals surface area contributed by atoms with E-state index in [0.717, 1.165) is 32.2 Å². The van der Waals surface area contributed by atoms with E-state index in [-0.39, 0.29) is 29.7 Å². The number of sulfonamides is 1. The van der Waals surface area contributed by atoms with E-state index < -0.39 is 10.0 Å². The molecule has 188 valence electrons. The van der Waals surface area contributed by atoms with Gasteiger partial charge in [0.15, 0.2) is 0 Å². The van der Waals surface area contributed by atoms with Crippen LogP contribution in [0.25, 0.3) is 11.0 Å². The van der Waals surface area contributed by atoms with Gasteiger partial charge in [-0.15, -0.1) is 0 Å². The van der Waals surface area contributed by atoms with Crippen molar-refractivity contribution in [3.63, 3.8) is 0 Å². The molecule has 0 saturated heterocycles. The van der Waals surface area contributed by atoms with E-state index in [1.807, 2.05) is 44.4 Å². The van der Waals surface area contributed by atoms with Crippen LogP contribution in [0.5, 0.6) is 0 Å². The Morgan fingerprint density at radius 1 is 1.03 bits per heavy atom. The van der Waals surface area contributed by atoms with Crippen LogP contribution in [0.15, 0.2) is 35.2 Å². The molecule has 0 fully saturated rings. The summed E-state index contributed by atoms with van der Waals surface area (Å²) in [5.41, 5.74) is 5.21. The highest BCUT2D eigenvalue weighted by Gasteiger charge is 2.20. The van der Waals surface area contributed by atoms with E-state index in [0.29, 0.717) is 24.3 Å². The van der Waals surface area contributed by atoms with Crippen molar-refractivity contribution < 1.29 is 18.0 Å². The van der Waals surface area contributed by atoms with Gasteiger partial charge in [0, 0.05) is 39.2 Å². The van der Waals surface area contributed by atoms with Crippen LogP contribution in [0.1, 0.15) is 35.9 Å². The van der Waals surface area contributed by atoms with Gasteiger partial charge in [-0.25, -0.2) is 17.7 Å². The number of carbonyl (C=O) groups is 2. The molecule has 2 N–H and O–H groups in total. The van der Waals surface area contributed by atoms with Gasteiger partial charge in [0.05, 0.1) is 22.5 Å². The lowest BCUT2D eigenvalue weighted by Crippen LogP contribution is -2.33. The molecule has 2 amide bonds. The number of aromatic nitrogens is 2. The molecule has 2 aromatic carbocycles. The summed E-state index contributed by atoms with van der Waals surface area (Å²) in [6.07, 6.45) is 0.518. The number of aryl methyl sites for hydroxylation is 5. The Labute approximate surface area is 206 Å². The van der Waals surface area contributed by atoms with Gasteiger partial charge < -0.3 is 15.2 Å². The summed E-state index contributed by atoms with van der Waals surface area (Å²) in [5.74, 6) is 0.138. The predicted octanol–water partition coefficient (Wildman–Crippen LogP) is 2.92.